The Morgan fingerprint density at radius 3 is 1.44 bits per heavy atom. The summed E-state index contributed by atoms with van der Waals surface area (Å²) < 4.78 is 3.76. The second kappa shape index (κ2) is 11.5. The summed E-state index contributed by atoms with van der Waals surface area (Å²) >= 11 is -0.201. The van der Waals surface area contributed by atoms with Gasteiger partial charge in [-0.15, -0.1) is 0 Å². The van der Waals surface area contributed by atoms with Gasteiger partial charge in [-0.2, -0.15) is 0 Å². The van der Waals surface area contributed by atoms with Gasteiger partial charge in [0.2, 0.25) is 0 Å². The predicted molar refractivity (Wildman–Crippen MR) is 116 cm³/mol. The van der Waals surface area contributed by atoms with Crippen LogP contribution in [0.3, 0.4) is 0 Å². The molecule has 2 aromatic heterocycles. The second-order valence-corrected chi connectivity index (χ2v) is 18.2. The molecule has 0 aliphatic carbocycles. The van der Waals surface area contributed by atoms with E-state index >= 15 is 0 Å². The van der Waals surface area contributed by atoms with Crippen molar-refractivity contribution in [2.75, 3.05) is 0 Å². The molecule has 2 unspecified atom stereocenters. The van der Waals surface area contributed by atoms with E-state index in [2.05, 4.69) is 83.9 Å². The third-order valence-corrected chi connectivity index (χ3v) is 16.1. The number of aryl methyl sites for hydroxylation is 2. The van der Waals surface area contributed by atoms with Gasteiger partial charge >= 0.3 is 84.7 Å². The summed E-state index contributed by atoms with van der Waals surface area (Å²) in [6, 6.07) is 21.2. The van der Waals surface area contributed by atoms with Gasteiger partial charge in [-0.1, -0.05) is 60.7 Å². The first kappa shape index (κ1) is 19.5. The van der Waals surface area contributed by atoms with Crippen LogP contribution in [0.1, 0.15) is 11.1 Å². The first-order valence-corrected chi connectivity index (χ1v) is 14.8. The SMILES string of the molecule is c1c[pH][c]([Zr][c]2pcc[pH]2)p1.c1ccc(CCc2ccccc2)cc1. The molecule has 124 valence electrons. The van der Waals surface area contributed by atoms with E-state index in [0.29, 0.717) is 0 Å². The van der Waals surface area contributed by atoms with E-state index < -0.39 is 0 Å². The molecule has 0 bridgehead atoms. The Balaban J connectivity index is 0.000000150. The van der Waals surface area contributed by atoms with E-state index in [1.807, 2.05) is 5.47 Å². The van der Waals surface area contributed by atoms with E-state index in [9.17, 15) is 0 Å². The molecule has 4 rings (SSSR count). The van der Waals surface area contributed by atoms with Crippen LogP contribution in [0.5, 0.6) is 0 Å². The molecule has 0 nitrogen and oxygen atoms in total. The zero-order valence-electron chi connectivity index (χ0n) is 13.9. The minimum Gasteiger partial charge on any atom is -0.0622 e. The number of hydrogen-bond donors (Lipinski definition) is 0. The molecular weight excluding hydrogens is 455 g/mol. The Labute approximate surface area is 168 Å². The average Bonchev–Trinajstić information content (AvgIpc) is 3.37. The molecule has 0 aliphatic rings. The van der Waals surface area contributed by atoms with Crippen LogP contribution in [0, 0.1) is 0 Å². The van der Waals surface area contributed by atoms with Crippen molar-refractivity contribution in [3.8, 4) is 0 Å². The van der Waals surface area contributed by atoms with E-state index in [-0.39, 0.29) is 23.2 Å². The monoisotopic (exact) mass is 474 g/mol. The fourth-order valence-corrected chi connectivity index (χ4v) is 16.1. The maximum Gasteiger partial charge on any atom is -0.0238 e. The van der Waals surface area contributed by atoms with Gasteiger partial charge in [0.05, 0.1) is 0 Å². The third kappa shape index (κ3) is 7.48. The molecular formula is C20H20P4Zr. The van der Waals surface area contributed by atoms with Gasteiger partial charge < -0.3 is 0 Å². The average molecular weight is 476 g/mol. The summed E-state index contributed by atoms with van der Waals surface area (Å²) in [7, 11) is 5.26. The summed E-state index contributed by atoms with van der Waals surface area (Å²) in [6.07, 6.45) is 2.26. The molecule has 2 aromatic carbocycles. The van der Waals surface area contributed by atoms with Crippen molar-refractivity contribution in [2.45, 2.75) is 12.8 Å². The minimum absolute atomic E-state index is 0.201. The van der Waals surface area contributed by atoms with E-state index in [4.69, 9.17) is 0 Å². The van der Waals surface area contributed by atoms with Crippen LogP contribution in [0.2, 0.25) is 0 Å². The van der Waals surface area contributed by atoms with Crippen LogP contribution in [0.4, 0.5) is 0 Å². The maximum absolute atomic E-state index is 2.35. The van der Waals surface area contributed by atoms with Crippen molar-refractivity contribution in [3.63, 3.8) is 0 Å². The number of benzene rings is 2. The fraction of sp³-hybridized carbons (Fsp3) is 0.100. The Hall–Kier alpha value is -0.257. The molecule has 4 aromatic rings. The second-order valence-electron chi connectivity index (χ2n) is 5.47. The molecule has 0 aliphatic heterocycles. The largest absolute Gasteiger partial charge is 0.0622 e. The Kier molecular flexibility index (Phi) is 8.94. The van der Waals surface area contributed by atoms with Crippen LogP contribution in [-0.2, 0) is 36.1 Å². The van der Waals surface area contributed by atoms with E-state index in [0.717, 1.165) is 29.2 Å². The van der Waals surface area contributed by atoms with Gasteiger partial charge in [-0.25, -0.2) is 0 Å². The first-order valence-electron chi connectivity index (χ1n) is 8.24. The molecule has 0 fully saturated rings. The van der Waals surface area contributed by atoms with Crippen molar-refractivity contribution in [1.29, 1.82) is 0 Å². The van der Waals surface area contributed by atoms with Crippen LogP contribution < -0.4 is 5.47 Å². The molecule has 0 spiro atoms. The molecule has 2 atom stereocenters. The van der Waals surface area contributed by atoms with Crippen LogP contribution in [0.15, 0.2) is 83.9 Å². The third-order valence-electron chi connectivity index (χ3n) is 3.62. The number of rotatable bonds is 5. The summed E-state index contributed by atoms with van der Waals surface area (Å²) in [5.74, 6) is 9.33. The quantitative estimate of drug-likeness (QED) is 0.313. The van der Waals surface area contributed by atoms with Gasteiger partial charge in [0.15, 0.2) is 0 Å². The molecule has 2 heterocycles. The molecule has 0 radical (unpaired) electrons. The van der Waals surface area contributed by atoms with E-state index in [1.165, 1.54) is 11.1 Å². The Morgan fingerprint density at radius 1 is 0.640 bits per heavy atom. The molecule has 5 heteroatoms. The Morgan fingerprint density at radius 2 is 1.08 bits per heavy atom. The van der Waals surface area contributed by atoms with Crippen molar-refractivity contribution < 1.29 is 23.2 Å². The molecule has 25 heavy (non-hydrogen) atoms. The van der Waals surface area contributed by atoms with Gasteiger partial charge in [0.25, 0.3) is 0 Å². The fourth-order valence-electron chi connectivity index (χ4n) is 2.36. The van der Waals surface area contributed by atoms with Crippen molar-refractivity contribution in [2.24, 2.45) is 0 Å². The van der Waals surface area contributed by atoms with Gasteiger partial charge in [-0.3, -0.25) is 0 Å². The maximum atomic E-state index is 2.35. The molecule has 0 saturated carbocycles. The zero-order chi connectivity index (χ0) is 17.2. The topological polar surface area (TPSA) is 0 Å². The summed E-state index contributed by atoms with van der Waals surface area (Å²) in [4.78, 5) is 0. The zero-order valence-corrected chi connectivity index (χ0v) is 20.1. The number of hydrogen-bond acceptors (Lipinski definition) is 0. The molecule has 0 amide bonds. The van der Waals surface area contributed by atoms with Gasteiger partial charge in [0, 0.05) is 0 Å². The van der Waals surface area contributed by atoms with E-state index in [1.54, 1.807) is 16.4 Å². The normalized spacial score (nSPS) is 11.2. The predicted octanol–water partition coefficient (Wildman–Crippen LogP) is 6.41. The van der Waals surface area contributed by atoms with Crippen LogP contribution in [0.25, 0.3) is 0 Å². The van der Waals surface area contributed by atoms with Crippen molar-refractivity contribution >= 4 is 38.2 Å². The van der Waals surface area contributed by atoms with Crippen molar-refractivity contribution in [3.05, 3.63) is 95.0 Å². The standard InChI is InChI=1S/C14H14.2C3H3P2.Zr/c1-3-7-13(8-4-1)11-12-14-9-5-2-6-10-14;2*1-2-5-3-4-1;/h1-10H,11-12H2;2*1-2,4H;. The summed E-state index contributed by atoms with van der Waals surface area (Å²) in [6.45, 7) is 0. The Bertz CT molecular complexity index is 741. The smallest absolute Gasteiger partial charge is 0.0238 e. The van der Waals surface area contributed by atoms with Crippen LogP contribution in [-0.4, -0.2) is 0 Å². The van der Waals surface area contributed by atoms with Gasteiger partial charge in [-0.05, 0) is 24.0 Å². The molecule has 0 N–H and O–H groups in total. The first-order chi connectivity index (χ1) is 12.4. The molecule has 0 saturated heterocycles. The van der Waals surface area contributed by atoms with Gasteiger partial charge in [0.1, 0.15) is 0 Å². The summed E-state index contributed by atoms with van der Waals surface area (Å²) in [5.41, 5.74) is 2.83. The minimum atomic E-state index is -0.201. The summed E-state index contributed by atoms with van der Waals surface area (Å²) in [5, 5.41) is 0. The van der Waals surface area contributed by atoms with Crippen molar-refractivity contribution in [1.82, 2.24) is 0 Å². The van der Waals surface area contributed by atoms with Crippen LogP contribution >= 0.6 is 32.8 Å².